The van der Waals surface area contributed by atoms with Gasteiger partial charge in [0.25, 0.3) is 0 Å². The number of Topliss-reactive ketones (excluding diaryl/α,β-unsaturated/α-hetero) is 1. The van der Waals surface area contributed by atoms with Crippen LogP contribution in [0.1, 0.15) is 50.9 Å². The van der Waals surface area contributed by atoms with Crippen molar-refractivity contribution >= 4 is 5.78 Å². The third-order valence-corrected chi connectivity index (χ3v) is 4.32. The lowest BCUT2D eigenvalue weighted by atomic mass is 9.89. The molecule has 0 saturated heterocycles. The van der Waals surface area contributed by atoms with E-state index < -0.39 is 0 Å². The Balaban J connectivity index is 2.15. The van der Waals surface area contributed by atoms with Gasteiger partial charge in [0.1, 0.15) is 17.6 Å². The van der Waals surface area contributed by atoms with Gasteiger partial charge in [-0.15, -0.1) is 0 Å². The molecule has 21 heavy (non-hydrogen) atoms. The Bertz CT molecular complexity index is 521. The predicted octanol–water partition coefficient (Wildman–Crippen LogP) is 3.24. The Morgan fingerprint density at radius 3 is 2.62 bits per heavy atom. The van der Waals surface area contributed by atoms with E-state index in [1.54, 1.807) is 6.07 Å². The first kappa shape index (κ1) is 15.8. The lowest BCUT2D eigenvalue weighted by molar-refractivity contribution is 0.0543. The largest absolute Gasteiger partial charge is 0.508 e. The summed E-state index contributed by atoms with van der Waals surface area (Å²) >= 11 is 0. The molecule has 0 spiro atoms. The average Bonchev–Trinajstić information content (AvgIpc) is 2.38. The van der Waals surface area contributed by atoms with Crippen molar-refractivity contribution in [1.82, 2.24) is 4.90 Å². The topological polar surface area (TPSA) is 49.8 Å². The number of hydrogen-bond donors (Lipinski definition) is 1. The molecule has 4 nitrogen and oxygen atoms in total. The zero-order valence-corrected chi connectivity index (χ0v) is 13.3. The standard InChI is InChI=1S/C17H25NO3/c1-5-18(6-2)17(3,4)11-13-10-15(20)14-8-7-12(19)9-16(14)21-13/h7-9,13,19H,5-6,10-11H2,1-4H3. The highest BCUT2D eigenvalue weighted by Crippen LogP contribution is 2.34. The molecule has 1 unspecified atom stereocenters. The number of carbonyl (C=O) groups is 1. The van der Waals surface area contributed by atoms with E-state index in [0.29, 0.717) is 17.7 Å². The van der Waals surface area contributed by atoms with Crippen molar-refractivity contribution in [3.63, 3.8) is 0 Å². The number of hydrogen-bond acceptors (Lipinski definition) is 4. The van der Waals surface area contributed by atoms with Gasteiger partial charge in [0, 0.05) is 24.4 Å². The molecule has 2 rings (SSSR count). The van der Waals surface area contributed by atoms with Crippen LogP contribution in [0.4, 0.5) is 0 Å². The Kier molecular flexibility index (Phi) is 4.57. The maximum Gasteiger partial charge on any atom is 0.170 e. The van der Waals surface area contributed by atoms with E-state index in [9.17, 15) is 9.90 Å². The minimum Gasteiger partial charge on any atom is -0.508 e. The van der Waals surface area contributed by atoms with Crippen molar-refractivity contribution in [3.05, 3.63) is 23.8 Å². The SMILES string of the molecule is CCN(CC)C(C)(C)CC1CC(=O)c2ccc(O)cc2O1. The fourth-order valence-electron chi connectivity index (χ4n) is 3.26. The zero-order chi connectivity index (χ0) is 15.6. The van der Waals surface area contributed by atoms with Crippen LogP contribution in [0.3, 0.4) is 0 Å². The quantitative estimate of drug-likeness (QED) is 0.905. The molecule has 1 atom stereocenters. The number of nitrogens with zero attached hydrogens (tertiary/aromatic N) is 1. The number of carbonyl (C=O) groups excluding carboxylic acids is 1. The van der Waals surface area contributed by atoms with Crippen molar-refractivity contribution < 1.29 is 14.6 Å². The first-order chi connectivity index (χ1) is 9.87. The van der Waals surface area contributed by atoms with Gasteiger partial charge in [0.05, 0.1) is 5.56 Å². The van der Waals surface area contributed by atoms with Gasteiger partial charge in [-0.05, 0) is 39.1 Å². The van der Waals surface area contributed by atoms with Gasteiger partial charge in [0.2, 0.25) is 0 Å². The maximum absolute atomic E-state index is 12.2. The second kappa shape index (κ2) is 6.06. The van der Waals surface area contributed by atoms with Crippen molar-refractivity contribution in [2.24, 2.45) is 0 Å². The molecule has 0 radical (unpaired) electrons. The van der Waals surface area contributed by atoms with Gasteiger partial charge in [-0.25, -0.2) is 0 Å². The van der Waals surface area contributed by atoms with Crippen LogP contribution in [0.15, 0.2) is 18.2 Å². The number of ether oxygens (including phenoxy) is 1. The average molecular weight is 291 g/mol. The molecule has 1 heterocycles. The van der Waals surface area contributed by atoms with E-state index in [2.05, 4.69) is 32.6 Å². The highest BCUT2D eigenvalue weighted by molar-refractivity contribution is 6.00. The smallest absolute Gasteiger partial charge is 0.170 e. The summed E-state index contributed by atoms with van der Waals surface area (Å²) in [7, 11) is 0. The molecular weight excluding hydrogens is 266 g/mol. The van der Waals surface area contributed by atoms with Gasteiger partial charge >= 0.3 is 0 Å². The number of rotatable bonds is 5. The summed E-state index contributed by atoms with van der Waals surface area (Å²) < 4.78 is 5.95. The molecule has 116 valence electrons. The summed E-state index contributed by atoms with van der Waals surface area (Å²) in [6, 6.07) is 4.70. The van der Waals surface area contributed by atoms with E-state index in [1.807, 2.05) is 0 Å². The molecule has 1 aliphatic rings. The number of fused-ring (bicyclic) bond motifs is 1. The van der Waals surface area contributed by atoms with E-state index in [-0.39, 0.29) is 23.2 Å². The summed E-state index contributed by atoms with van der Waals surface area (Å²) in [5.74, 6) is 0.730. The normalized spacial score (nSPS) is 18.5. The second-order valence-corrected chi connectivity index (χ2v) is 6.24. The van der Waals surface area contributed by atoms with Crippen LogP contribution in [-0.2, 0) is 0 Å². The minimum absolute atomic E-state index is 0.0250. The summed E-state index contributed by atoms with van der Waals surface area (Å²) in [5.41, 5.74) is 0.549. The zero-order valence-electron chi connectivity index (χ0n) is 13.3. The number of phenolic OH excluding ortho intramolecular Hbond substituents is 1. The fourth-order valence-corrected chi connectivity index (χ4v) is 3.26. The van der Waals surface area contributed by atoms with E-state index in [0.717, 1.165) is 19.5 Å². The number of aromatic hydroxyl groups is 1. The van der Waals surface area contributed by atoms with Gasteiger partial charge < -0.3 is 9.84 Å². The summed E-state index contributed by atoms with van der Waals surface area (Å²) in [6.45, 7) is 10.6. The van der Waals surface area contributed by atoms with Gasteiger partial charge in [-0.2, -0.15) is 0 Å². The maximum atomic E-state index is 12.2. The van der Waals surface area contributed by atoms with Crippen LogP contribution >= 0.6 is 0 Å². The Hall–Kier alpha value is -1.55. The van der Waals surface area contributed by atoms with Gasteiger partial charge in [-0.1, -0.05) is 13.8 Å². The number of ketones is 1. The molecule has 0 aliphatic carbocycles. The number of benzene rings is 1. The predicted molar refractivity (Wildman–Crippen MR) is 83.1 cm³/mol. The van der Waals surface area contributed by atoms with E-state index >= 15 is 0 Å². The summed E-state index contributed by atoms with van der Waals surface area (Å²) in [5, 5.41) is 9.56. The molecule has 0 saturated carbocycles. The highest BCUT2D eigenvalue weighted by Gasteiger charge is 2.33. The molecular formula is C17H25NO3. The Morgan fingerprint density at radius 2 is 2.00 bits per heavy atom. The molecule has 1 aliphatic heterocycles. The second-order valence-electron chi connectivity index (χ2n) is 6.24. The van der Waals surface area contributed by atoms with Gasteiger partial charge in [0.15, 0.2) is 5.78 Å². The molecule has 0 aromatic heterocycles. The van der Waals surface area contributed by atoms with Crippen LogP contribution in [0.5, 0.6) is 11.5 Å². The molecule has 1 aromatic carbocycles. The third kappa shape index (κ3) is 3.38. The van der Waals surface area contributed by atoms with Crippen LogP contribution in [0, 0.1) is 0 Å². The molecule has 1 N–H and O–H groups in total. The van der Waals surface area contributed by atoms with Crippen LogP contribution in [-0.4, -0.2) is 40.5 Å². The fraction of sp³-hybridized carbons (Fsp3) is 0.588. The monoisotopic (exact) mass is 291 g/mol. The van der Waals surface area contributed by atoms with Crippen LogP contribution in [0.25, 0.3) is 0 Å². The lowest BCUT2D eigenvalue weighted by Gasteiger charge is -2.40. The first-order valence-electron chi connectivity index (χ1n) is 7.65. The Labute approximate surface area is 126 Å². The summed E-state index contributed by atoms with van der Waals surface area (Å²) in [6.07, 6.45) is 1.06. The summed E-state index contributed by atoms with van der Waals surface area (Å²) in [4.78, 5) is 14.6. The first-order valence-corrected chi connectivity index (χ1v) is 7.65. The van der Waals surface area contributed by atoms with Crippen LogP contribution < -0.4 is 4.74 Å². The van der Waals surface area contributed by atoms with Gasteiger partial charge in [-0.3, -0.25) is 9.69 Å². The highest BCUT2D eigenvalue weighted by atomic mass is 16.5. The lowest BCUT2D eigenvalue weighted by Crippen LogP contribution is -2.47. The minimum atomic E-state index is -0.137. The molecule has 0 amide bonds. The van der Waals surface area contributed by atoms with E-state index in [1.165, 1.54) is 12.1 Å². The third-order valence-electron chi connectivity index (χ3n) is 4.32. The van der Waals surface area contributed by atoms with Crippen molar-refractivity contribution in [1.29, 1.82) is 0 Å². The molecule has 4 heteroatoms. The Morgan fingerprint density at radius 1 is 1.33 bits per heavy atom. The molecule has 1 aromatic rings. The van der Waals surface area contributed by atoms with Crippen LogP contribution in [0.2, 0.25) is 0 Å². The molecule has 0 bridgehead atoms. The number of phenols is 1. The molecule has 0 fully saturated rings. The van der Waals surface area contributed by atoms with Crippen molar-refractivity contribution in [2.45, 2.75) is 52.2 Å². The van der Waals surface area contributed by atoms with Crippen molar-refractivity contribution in [3.8, 4) is 11.5 Å². The van der Waals surface area contributed by atoms with E-state index in [4.69, 9.17) is 4.74 Å². The van der Waals surface area contributed by atoms with Crippen molar-refractivity contribution in [2.75, 3.05) is 13.1 Å².